The monoisotopic (exact) mass is 434 g/mol. The lowest BCUT2D eigenvalue weighted by Crippen LogP contribution is -2.31. The summed E-state index contributed by atoms with van der Waals surface area (Å²) in [5.74, 6) is 1.82. The van der Waals surface area contributed by atoms with E-state index in [9.17, 15) is 4.79 Å². The van der Waals surface area contributed by atoms with Gasteiger partial charge in [0.25, 0.3) is 5.91 Å². The van der Waals surface area contributed by atoms with Crippen molar-refractivity contribution in [3.05, 3.63) is 46.8 Å². The highest BCUT2D eigenvalue weighted by molar-refractivity contribution is 6.06. The van der Waals surface area contributed by atoms with Crippen molar-refractivity contribution in [2.75, 3.05) is 19.8 Å². The van der Waals surface area contributed by atoms with Crippen molar-refractivity contribution in [3.8, 4) is 11.5 Å². The standard InChI is InChI=1S/C25H30N4O3/c1-15(2)19-14-18(23-16(3)27-28(4)24(23)26-19)25(30)29-10-5-7-20(29)17-8-9-21-22(13-17)32-12-6-11-31-21/h8-9,13-15,20H,5-7,10-12H2,1-4H3. The fourth-order valence-electron chi connectivity index (χ4n) is 4.83. The number of fused-ring (bicyclic) bond motifs is 2. The molecule has 1 fully saturated rings. The molecule has 32 heavy (non-hydrogen) atoms. The quantitative estimate of drug-likeness (QED) is 0.605. The van der Waals surface area contributed by atoms with Crippen molar-refractivity contribution in [1.82, 2.24) is 19.7 Å². The lowest BCUT2D eigenvalue weighted by atomic mass is 10.0. The van der Waals surface area contributed by atoms with Crippen LogP contribution in [-0.2, 0) is 7.05 Å². The van der Waals surface area contributed by atoms with Gasteiger partial charge in [-0.25, -0.2) is 4.98 Å². The molecule has 7 heteroatoms. The summed E-state index contributed by atoms with van der Waals surface area (Å²) in [6.07, 6.45) is 2.78. The van der Waals surface area contributed by atoms with Crippen LogP contribution in [0.15, 0.2) is 24.3 Å². The number of amides is 1. The molecule has 1 aromatic carbocycles. The molecule has 168 valence electrons. The zero-order valence-corrected chi connectivity index (χ0v) is 19.2. The van der Waals surface area contributed by atoms with Gasteiger partial charge in [-0.2, -0.15) is 5.10 Å². The lowest BCUT2D eigenvalue weighted by molar-refractivity contribution is 0.0737. The molecule has 0 bridgehead atoms. The van der Waals surface area contributed by atoms with Crippen molar-refractivity contribution in [2.24, 2.45) is 7.05 Å². The summed E-state index contributed by atoms with van der Waals surface area (Å²) >= 11 is 0. The zero-order chi connectivity index (χ0) is 22.4. The second-order valence-corrected chi connectivity index (χ2v) is 9.07. The molecule has 1 unspecified atom stereocenters. The highest BCUT2D eigenvalue weighted by Gasteiger charge is 2.33. The van der Waals surface area contributed by atoms with Gasteiger partial charge in [-0.3, -0.25) is 9.48 Å². The average molecular weight is 435 g/mol. The molecule has 7 nitrogen and oxygen atoms in total. The van der Waals surface area contributed by atoms with E-state index < -0.39 is 0 Å². The summed E-state index contributed by atoms with van der Waals surface area (Å²) in [7, 11) is 1.89. The molecule has 0 radical (unpaired) electrons. The number of pyridine rings is 1. The number of hydrogen-bond acceptors (Lipinski definition) is 5. The first-order chi connectivity index (χ1) is 15.4. The van der Waals surface area contributed by atoms with Crippen LogP contribution in [0.1, 0.15) is 72.4 Å². The van der Waals surface area contributed by atoms with Crippen molar-refractivity contribution in [2.45, 2.75) is 52.0 Å². The van der Waals surface area contributed by atoms with E-state index in [1.165, 1.54) is 0 Å². The molecule has 3 aromatic rings. The molecule has 4 heterocycles. The molecule has 1 atom stereocenters. The Morgan fingerprint density at radius 3 is 2.69 bits per heavy atom. The summed E-state index contributed by atoms with van der Waals surface area (Å²) in [6.45, 7) is 8.20. The largest absolute Gasteiger partial charge is 0.490 e. The van der Waals surface area contributed by atoms with Crippen LogP contribution >= 0.6 is 0 Å². The molecule has 2 aromatic heterocycles. The third-order valence-corrected chi connectivity index (χ3v) is 6.48. The normalized spacial score (nSPS) is 18.4. The summed E-state index contributed by atoms with van der Waals surface area (Å²) in [5.41, 5.74) is 4.31. The van der Waals surface area contributed by atoms with Crippen LogP contribution in [0.2, 0.25) is 0 Å². The van der Waals surface area contributed by atoms with Crippen molar-refractivity contribution < 1.29 is 14.3 Å². The smallest absolute Gasteiger partial charge is 0.255 e. The van der Waals surface area contributed by atoms with Crippen LogP contribution in [-0.4, -0.2) is 45.3 Å². The van der Waals surface area contributed by atoms with Crippen molar-refractivity contribution in [1.29, 1.82) is 0 Å². The minimum absolute atomic E-state index is 0.0161. The van der Waals surface area contributed by atoms with Gasteiger partial charge in [-0.05, 0) is 49.4 Å². The number of nitrogens with zero attached hydrogens (tertiary/aromatic N) is 4. The summed E-state index contributed by atoms with van der Waals surface area (Å²) < 4.78 is 13.5. The summed E-state index contributed by atoms with van der Waals surface area (Å²) in [5, 5.41) is 5.40. The molecule has 2 aliphatic heterocycles. The maximum absolute atomic E-state index is 13.9. The molecule has 0 aliphatic carbocycles. The van der Waals surface area contributed by atoms with Crippen molar-refractivity contribution >= 4 is 16.9 Å². The van der Waals surface area contributed by atoms with E-state index >= 15 is 0 Å². The first kappa shape index (κ1) is 20.8. The maximum atomic E-state index is 13.9. The molecule has 1 saturated heterocycles. The van der Waals surface area contributed by atoms with Crippen LogP contribution in [0.3, 0.4) is 0 Å². The third kappa shape index (κ3) is 3.49. The van der Waals surface area contributed by atoms with Gasteiger partial charge in [0, 0.05) is 25.7 Å². The minimum Gasteiger partial charge on any atom is -0.490 e. The summed E-state index contributed by atoms with van der Waals surface area (Å²) in [6, 6.07) is 8.08. The van der Waals surface area contributed by atoms with Crippen LogP contribution in [0.25, 0.3) is 11.0 Å². The van der Waals surface area contributed by atoms with Gasteiger partial charge >= 0.3 is 0 Å². The topological polar surface area (TPSA) is 69.5 Å². The van der Waals surface area contributed by atoms with Gasteiger partial charge in [-0.15, -0.1) is 0 Å². The Morgan fingerprint density at radius 2 is 1.91 bits per heavy atom. The predicted octanol–water partition coefficient (Wildman–Crippen LogP) is 4.54. The first-order valence-electron chi connectivity index (χ1n) is 11.5. The van der Waals surface area contributed by atoms with E-state index in [1.54, 1.807) is 4.68 Å². The number of ether oxygens (including phenoxy) is 2. The van der Waals surface area contributed by atoms with Crippen LogP contribution in [0.5, 0.6) is 11.5 Å². The molecule has 0 spiro atoms. The number of aromatic nitrogens is 3. The number of hydrogen-bond donors (Lipinski definition) is 0. The number of benzene rings is 1. The Labute approximate surface area is 188 Å². The minimum atomic E-state index is 0.0161. The van der Waals surface area contributed by atoms with Crippen molar-refractivity contribution in [3.63, 3.8) is 0 Å². The Balaban J connectivity index is 1.54. The third-order valence-electron chi connectivity index (χ3n) is 6.48. The van der Waals surface area contributed by atoms with Gasteiger partial charge in [0.05, 0.1) is 35.9 Å². The Morgan fingerprint density at radius 1 is 1.12 bits per heavy atom. The Kier molecular flexibility index (Phi) is 5.27. The Hall–Kier alpha value is -3.09. The van der Waals surface area contributed by atoms with Crippen LogP contribution in [0, 0.1) is 6.92 Å². The van der Waals surface area contributed by atoms with Crippen LogP contribution in [0.4, 0.5) is 0 Å². The SMILES string of the molecule is Cc1nn(C)c2nc(C(C)C)cc(C(=O)N3CCCC3c3ccc4c(c3)OCCCO4)c12. The molecule has 2 aliphatic rings. The predicted molar refractivity (Wildman–Crippen MR) is 122 cm³/mol. The number of aryl methyl sites for hydroxylation is 2. The number of carbonyl (C=O) groups excluding carboxylic acids is 1. The average Bonchev–Trinajstić information content (AvgIpc) is 3.29. The first-order valence-corrected chi connectivity index (χ1v) is 11.5. The van der Waals surface area contributed by atoms with Crippen LogP contribution < -0.4 is 9.47 Å². The van der Waals surface area contributed by atoms with E-state index in [1.807, 2.05) is 37.1 Å². The maximum Gasteiger partial charge on any atom is 0.255 e. The molecule has 0 N–H and O–H groups in total. The number of likely N-dealkylation sites (tertiary alicyclic amines) is 1. The van der Waals surface area contributed by atoms with E-state index in [-0.39, 0.29) is 17.9 Å². The van der Waals surface area contributed by atoms with Gasteiger partial charge < -0.3 is 14.4 Å². The second kappa shape index (κ2) is 8.11. The molecular weight excluding hydrogens is 404 g/mol. The highest BCUT2D eigenvalue weighted by atomic mass is 16.5. The fourth-order valence-corrected chi connectivity index (χ4v) is 4.83. The van der Waals surface area contributed by atoms with E-state index in [0.717, 1.165) is 65.3 Å². The highest BCUT2D eigenvalue weighted by Crippen LogP contribution is 2.39. The second-order valence-electron chi connectivity index (χ2n) is 9.07. The number of rotatable bonds is 3. The van der Waals surface area contributed by atoms with Gasteiger partial charge in [0.2, 0.25) is 0 Å². The number of carbonyl (C=O) groups is 1. The zero-order valence-electron chi connectivity index (χ0n) is 19.2. The van der Waals surface area contributed by atoms with E-state index in [4.69, 9.17) is 14.5 Å². The van der Waals surface area contributed by atoms with Gasteiger partial charge in [0.15, 0.2) is 17.1 Å². The van der Waals surface area contributed by atoms with E-state index in [2.05, 4.69) is 25.0 Å². The Bertz CT molecular complexity index is 1180. The lowest BCUT2D eigenvalue weighted by Gasteiger charge is -2.26. The molecule has 5 rings (SSSR count). The molecule has 1 amide bonds. The van der Waals surface area contributed by atoms with Gasteiger partial charge in [0.1, 0.15) is 0 Å². The molecule has 0 saturated carbocycles. The van der Waals surface area contributed by atoms with E-state index in [0.29, 0.717) is 18.8 Å². The summed E-state index contributed by atoms with van der Waals surface area (Å²) in [4.78, 5) is 20.7. The molecular formula is C25H30N4O3. The van der Waals surface area contributed by atoms with Gasteiger partial charge in [-0.1, -0.05) is 19.9 Å². The fraction of sp³-hybridized carbons (Fsp3) is 0.480.